The summed E-state index contributed by atoms with van der Waals surface area (Å²) in [5.74, 6) is -0.829. The zero-order chi connectivity index (χ0) is 24.6. The van der Waals surface area contributed by atoms with Gasteiger partial charge in [-0.2, -0.15) is 0 Å². The van der Waals surface area contributed by atoms with Gasteiger partial charge in [0.05, 0.1) is 13.2 Å². The Morgan fingerprint density at radius 3 is 2.09 bits per heavy atom. The number of benzene rings is 1. The molecular formula is C28H44O5. The standard InChI is InChI=1S/C21H24O5.C3H8.2C2H6/c1-13(22)21-16-8-4-3-7-15(16)20(24-10-11-25-20)12-17(21)14-6-2-5-9-18(14)26-19(21)23;1-3-2;2*1-2/h2,5-6,9,15-17H,3-4,7-8,10-12H2,1H3;3H2,1-2H3;2*1-2H3. The van der Waals surface area contributed by atoms with E-state index in [1.165, 1.54) is 6.42 Å². The lowest BCUT2D eigenvalue weighted by atomic mass is 9.48. The average Bonchev–Trinajstić information content (AvgIpc) is 3.31. The molecule has 4 unspecified atom stereocenters. The molecule has 4 atom stereocenters. The largest absolute Gasteiger partial charge is 0.425 e. The van der Waals surface area contributed by atoms with E-state index in [4.69, 9.17) is 14.2 Å². The minimum atomic E-state index is -1.11. The van der Waals surface area contributed by atoms with Gasteiger partial charge in [-0.05, 0) is 37.3 Å². The van der Waals surface area contributed by atoms with Crippen molar-refractivity contribution in [3.8, 4) is 5.75 Å². The molecule has 0 aromatic heterocycles. The molecular weight excluding hydrogens is 416 g/mol. The van der Waals surface area contributed by atoms with Crippen molar-refractivity contribution in [2.45, 2.75) is 98.7 Å². The van der Waals surface area contributed by atoms with Gasteiger partial charge in [-0.3, -0.25) is 9.59 Å². The highest BCUT2D eigenvalue weighted by atomic mass is 16.7. The van der Waals surface area contributed by atoms with Crippen LogP contribution in [-0.4, -0.2) is 30.8 Å². The van der Waals surface area contributed by atoms with Gasteiger partial charge >= 0.3 is 5.97 Å². The number of ketones is 1. The lowest BCUT2D eigenvalue weighted by Gasteiger charge is -2.58. The zero-order valence-electron chi connectivity index (χ0n) is 21.7. The molecule has 1 spiro atoms. The Kier molecular flexibility index (Phi) is 10.1. The van der Waals surface area contributed by atoms with Crippen molar-refractivity contribution in [2.75, 3.05) is 13.2 Å². The first kappa shape index (κ1) is 27.5. The Morgan fingerprint density at radius 1 is 0.970 bits per heavy atom. The summed E-state index contributed by atoms with van der Waals surface area (Å²) in [7, 11) is 0. The molecule has 2 aliphatic heterocycles. The molecule has 5 nitrogen and oxygen atoms in total. The number of Topliss-reactive ketones (excluding diaryl/α,β-unsaturated/α-hetero) is 1. The molecule has 0 radical (unpaired) electrons. The van der Waals surface area contributed by atoms with Crippen LogP contribution in [0.25, 0.3) is 0 Å². The fourth-order valence-corrected chi connectivity index (χ4v) is 6.20. The highest BCUT2D eigenvalue weighted by molar-refractivity contribution is 6.06. The second-order valence-corrected chi connectivity index (χ2v) is 8.82. The SMILES string of the molecule is CC.CC.CC(=O)C12C(=O)Oc3ccccc3C1CC1(OCCO1)C1CCCCC12.CCC. The molecule has 3 fully saturated rings. The molecule has 1 aromatic carbocycles. The van der Waals surface area contributed by atoms with Gasteiger partial charge in [0.25, 0.3) is 0 Å². The summed E-state index contributed by atoms with van der Waals surface area (Å²) in [4.78, 5) is 26.3. The Bertz CT molecular complexity index is 782. The minimum Gasteiger partial charge on any atom is -0.425 e. The van der Waals surface area contributed by atoms with Gasteiger partial charge in [-0.1, -0.05) is 79.0 Å². The molecule has 0 N–H and O–H groups in total. The number of para-hydroxylation sites is 1. The Balaban J connectivity index is 0.000000501. The monoisotopic (exact) mass is 460 g/mol. The van der Waals surface area contributed by atoms with E-state index in [9.17, 15) is 9.59 Å². The normalized spacial score (nSPS) is 30.4. The van der Waals surface area contributed by atoms with Crippen molar-refractivity contribution in [3.05, 3.63) is 29.8 Å². The van der Waals surface area contributed by atoms with E-state index in [1.54, 1.807) is 6.92 Å². The van der Waals surface area contributed by atoms with Gasteiger partial charge in [0.2, 0.25) is 0 Å². The summed E-state index contributed by atoms with van der Waals surface area (Å²) in [6.07, 6.45) is 5.67. The van der Waals surface area contributed by atoms with Crippen molar-refractivity contribution in [1.82, 2.24) is 0 Å². The van der Waals surface area contributed by atoms with Crippen LogP contribution in [0.1, 0.15) is 98.5 Å². The van der Waals surface area contributed by atoms with Crippen LogP contribution in [0.3, 0.4) is 0 Å². The molecule has 2 aliphatic carbocycles. The van der Waals surface area contributed by atoms with Gasteiger partial charge in [-0.15, -0.1) is 0 Å². The van der Waals surface area contributed by atoms with E-state index >= 15 is 0 Å². The number of ether oxygens (including phenoxy) is 3. The van der Waals surface area contributed by atoms with Crippen molar-refractivity contribution < 1.29 is 23.8 Å². The third-order valence-corrected chi connectivity index (χ3v) is 7.15. The van der Waals surface area contributed by atoms with Gasteiger partial charge in [-0.25, -0.2) is 0 Å². The molecule has 5 heteroatoms. The maximum atomic E-state index is 13.3. The molecule has 1 aromatic rings. The second kappa shape index (κ2) is 12.1. The molecule has 2 heterocycles. The number of hydrogen-bond acceptors (Lipinski definition) is 5. The van der Waals surface area contributed by atoms with Crippen LogP contribution in [0.4, 0.5) is 0 Å². The maximum absolute atomic E-state index is 13.3. The van der Waals surface area contributed by atoms with E-state index < -0.39 is 11.2 Å². The van der Waals surface area contributed by atoms with Crippen LogP contribution in [0.15, 0.2) is 24.3 Å². The van der Waals surface area contributed by atoms with E-state index in [-0.39, 0.29) is 29.5 Å². The fourth-order valence-electron chi connectivity index (χ4n) is 6.20. The minimum absolute atomic E-state index is 0.0664. The van der Waals surface area contributed by atoms with Gasteiger partial charge in [0.1, 0.15) is 16.9 Å². The molecule has 0 bridgehead atoms. The molecule has 2 saturated carbocycles. The number of carbonyl (C=O) groups excluding carboxylic acids is 2. The van der Waals surface area contributed by atoms with Crippen molar-refractivity contribution in [1.29, 1.82) is 0 Å². The summed E-state index contributed by atoms with van der Waals surface area (Å²) < 4.78 is 18.1. The maximum Gasteiger partial charge on any atom is 0.325 e. The second-order valence-electron chi connectivity index (χ2n) is 8.82. The van der Waals surface area contributed by atoms with E-state index in [1.807, 2.05) is 52.0 Å². The van der Waals surface area contributed by atoms with Gasteiger partial charge in [0, 0.05) is 18.3 Å². The number of rotatable bonds is 1. The highest BCUT2D eigenvalue weighted by Gasteiger charge is 2.70. The molecule has 4 aliphatic rings. The summed E-state index contributed by atoms with van der Waals surface area (Å²) in [5, 5.41) is 0. The van der Waals surface area contributed by atoms with Crippen molar-refractivity contribution in [2.24, 2.45) is 17.3 Å². The zero-order valence-corrected chi connectivity index (χ0v) is 21.7. The average molecular weight is 461 g/mol. The molecule has 5 rings (SSSR count). The predicted octanol–water partition coefficient (Wildman–Crippen LogP) is 6.69. The van der Waals surface area contributed by atoms with Crippen LogP contribution in [0.2, 0.25) is 0 Å². The third kappa shape index (κ3) is 4.64. The van der Waals surface area contributed by atoms with Gasteiger partial charge in [0.15, 0.2) is 5.79 Å². The van der Waals surface area contributed by atoms with Crippen molar-refractivity contribution in [3.63, 3.8) is 0 Å². The van der Waals surface area contributed by atoms with Crippen LogP contribution in [-0.2, 0) is 19.1 Å². The summed E-state index contributed by atoms with van der Waals surface area (Å²) in [6.45, 7) is 15.0. The van der Waals surface area contributed by atoms with E-state index in [2.05, 4.69) is 13.8 Å². The Labute approximate surface area is 200 Å². The van der Waals surface area contributed by atoms with E-state index in [0.717, 1.165) is 31.2 Å². The summed E-state index contributed by atoms with van der Waals surface area (Å²) in [6, 6.07) is 7.60. The lowest BCUT2D eigenvalue weighted by Crippen LogP contribution is -2.65. The molecule has 0 amide bonds. The summed E-state index contributed by atoms with van der Waals surface area (Å²) >= 11 is 0. The van der Waals surface area contributed by atoms with Gasteiger partial charge < -0.3 is 14.2 Å². The topological polar surface area (TPSA) is 61.8 Å². The van der Waals surface area contributed by atoms with Crippen LogP contribution >= 0.6 is 0 Å². The number of carbonyl (C=O) groups is 2. The molecule has 33 heavy (non-hydrogen) atoms. The predicted molar refractivity (Wildman–Crippen MR) is 131 cm³/mol. The van der Waals surface area contributed by atoms with E-state index in [0.29, 0.717) is 25.4 Å². The highest BCUT2D eigenvalue weighted by Crippen LogP contribution is 2.65. The fraction of sp³-hybridized carbons (Fsp3) is 0.714. The quantitative estimate of drug-likeness (QED) is 0.265. The number of hydrogen-bond donors (Lipinski definition) is 0. The third-order valence-electron chi connectivity index (χ3n) is 7.15. The first-order chi connectivity index (χ1) is 16.0. The lowest BCUT2D eigenvalue weighted by molar-refractivity contribution is -0.259. The smallest absolute Gasteiger partial charge is 0.325 e. The first-order valence-electron chi connectivity index (χ1n) is 13.1. The van der Waals surface area contributed by atoms with Crippen LogP contribution < -0.4 is 4.74 Å². The van der Waals surface area contributed by atoms with Crippen LogP contribution in [0, 0.1) is 17.3 Å². The Morgan fingerprint density at radius 2 is 1.52 bits per heavy atom. The van der Waals surface area contributed by atoms with Crippen LogP contribution in [0.5, 0.6) is 5.75 Å². The van der Waals surface area contributed by atoms with Crippen molar-refractivity contribution >= 4 is 11.8 Å². The first-order valence-corrected chi connectivity index (χ1v) is 13.1. The molecule has 1 saturated heterocycles. The Hall–Kier alpha value is -1.72. The molecule has 186 valence electrons. The number of esters is 1. The summed E-state index contributed by atoms with van der Waals surface area (Å²) in [5.41, 5.74) is -0.176. The number of fused-ring (bicyclic) bond motifs is 6.